The smallest absolute Gasteiger partial charge is 0.279 e. The number of rotatable bonds is 6. The summed E-state index contributed by atoms with van der Waals surface area (Å²) in [5.74, 6) is 0. The van der Waals surface area contributed by atoms with Gasteiger partial charge < -0.3 is 4.57 Å². The number of para-hydroxylation sites is 1. The lowest BCUT2D eigenvalue weighted by molar-refractivity contribution is 0.462. The summed E-state index contributed by atoms with van der Waals surface area (Å²) in [6.45, 7) is 2.59. The normalized spacial score (nSPS) is 16.8. The first-order valence-electron chi connectivity index (χ1n) is 7.45. The molecule has 6 heteroatoms. The number of aromatic nitrogens is 1. The minimum atomic E-state index is -3.27. The van der Waals surface area contributed by atoms with Crippen molar-refractivity contribution in [3.05, 3.63) is 36.5 Å². The van der Waals surface area contributed by atoms with E-state index >= 15 is 0 Å². The van der Waals surface area contributed by atoms with Gasteiger partial charge in [0.15, 0.2) is 0 Å². The summed E-state index contributed by atoms with van der Waals surface area (Å²) >= 11 is 0. The molecule has 3 rings (SSSR count). The van der Waals surface area contributed by atoms with E-state index in [1.807, 2.05) is 12.1 Å². The van der Waals surface area contributed by atoms with Crippen molar-refractivity contribution in [1.29, 1.82) is 0 Å². The van der Waals surface area contributed by atoms with Crippen molar-refractivity contribution in [2.45, 2.75) is 25.8 Å². The summed E-state index contributed by atoms with van der Waals surface area (Å²) in [4.78, 5) is 0. The van der Waals surface area contributed by atoms with Crippen LogP contribution in [0.3, 0.4) is 0 Å². The van der Waals surface area contributed by atoms with Gasteiger partial charge in [0.2, 0.25) is 0 Å². The summed E-state index contributed by atoms with van der Waals surface area (Å²) in [5, 5.41) is 1.22. The first-order valence-corrected chi connectivity index (χ1v) is 8.89. The predicted octanol–water partition coefficient (Wildman–Crippen LogP) is 1.96. The predicted molar refractivity (Wildman–Crippen MR) is 84.3 cm³/mol. The lowest BCUT2D eigenvalue weighted by Crippen LogP contribution is -2.39. The van der Waals surface area contributed by atoms with Crippen LogP contribution in [-0.4, -0.2) is 36.9 Å². The summed E-state index contributed by atoms with van der Waals surface area (Å²) < 4.78 is 30.4. The van der Waals surface area contributed by atoms with Gasteiger partial charge in [-0.3, -0.25) is 0 Å². The molecule has 0 radical (unpaired) electrons. The molecule has 0 saturated carbocycles. The first-order chi connectivity index (χ1) is 10.2. The minimum Gasteiger partial charge on any atom is -0.347 e. The van der Waals surface area contributed by atoms with Gasteiger partial charge in [0.25, 0.3) is 10.2 Å². The first kappa shape index (κ1) is 14.6. The van der Waals surface area contributed by atoms with Crippen LogP contribution in [0.4, 0.5) is 0 Å². The van der Waals surface area contributed by atoms with E-state index in [1.54, 1.807) is 0 Å². The van der Waals surface area contributed by atoms with Crippen LogP contribution in [0.15, 0.2) is 36.5 Å². The van der Waals surface area contributed by atoms with Crippen molar-refractivity contribution in [3.63, 3.8) is 0 Å². The Balaban J connectivity index is 1.52. The van der Waals surface area contributed by atoms with Gasteiger partial charge in [-0.15, -0.1) is 0 Å². The van der Waals surface area contributed by atoms with E-state index in [9.17, 15) is 8.42 Å². The Bertz CT molecular complexity index is 703. The average molecular weight is 307 g/mol. The molecule has 1 aliphatic heterocycles. The number of nitrogens with one attached hydrogen (secondary N) is 1. The molecule has 0 aliphatic carbocycles. The Hall–Kier alpha value is -1.37. The van der Waals surface area contributed by atoms with Crippen molar-refractivity contribution in [3.8, 4) is 0 Å². The van der Waals surface area contributed by atoms with Crippen LogP contribution < -0.4 is 4.72 Å². The Morgan fingerprint density at radius 1 is 1.10 bits per heavy atom. The zero-order valence-corrected chi connectivity index (χ0v) is 12.8. The van der Waals surface area contributed by atoms with Gasteiger partial charge in [0.1, 0.15) is 0 Å². The second-order valence-corrected chi connectivity index (χ2v) is 7.18. The van der Waals surface area contributed by atoms with E-state index in [2.05, 4.69) is 33.7 Å². The van der Waals surface area contributed by atoms with Crippen LogP contribution in [0.1, 0.15) is 19.3 Å². The molecule has 114 valence electrons. The molecule has 0 atom stereocenters. The Labute approximate surface area is 125 Å². The van der Waals surface area contributed by atoms with E-state index in [0.29, 0.717) is 19.6 Å². The standard InChI is InChI=1S/C15H21N3O2S/c19-21(20,18-11-3-4-12-18)16-9-5-10-17-13-8-14-6-1-2-7-15(14)17/h1-2,6-8,13,16H,3-5,9-12H2. The fourth-order valence-electron chi connectivity index (χ4n) is 2.81. The van der Waals surface area contributed by atoms with Gasteiger partial charge >= 0.3 is 0 Å². The lowest BCUT2D eigenvalue weighted by atomic mass is 10.2. The molecule has 5 nitrogen and oxygen atoms in total. The highest BCUT2D eigenvalue weighted by Crippen LogP contribution is 2.15. The molecule has 1 N–H and O–H groups in total. The maximum atomic E-state index is 12.0. The number of nitrogens with zero attached hydrogens (tertiary/aromatic N) is 2. The molecule has 0 unspecified atom stereocenters. The van der Waals surface area contributed by atoms with Crippen LogP contribution >= 0.6 is 0 Å². The third kappa shape index (κ3) is 3.28. The number of hydrogen-bond acceptors (Lipinski definition) is 2. The maximum Gasteiger partial charge on any atom is 0.279 e. The van der Waals surface area contributed by atoms with Gasteiger partial charge in [-0.25, -0.2) is 4.72 Å². The Morgan fingerprint density at radius 3 is 2.67 bits per heavy atom. The average Bonchev–Trinajstić information content (AvgIpc) is 3.14. The quantitative estimate of drug-likeness (QED) is 0.830. The van der Waals surface area contributed by atoms with E-state index < -0.39 is 10.2 Å². The van der Waals surface area contributed by atoms with Crippen molar-refractivity contribution in [1.82, 2.24) is 13.6 Å². The molecule has 2 aromatic rings. The summed E-state index contributed by atoms with van der Waals surface area (Å²) in [6.07, 6.45) is 4.78. The number of hydrogen-bond donors (Lipinski definition) is 1. The lowest BCUT2D eigenvalue weighted by Gasteiger charge is -2.16. The van der Waals surface area contributed by atoms with E-state index in [0.717, 1.165) is 25.8 Å². The summed E-state index contributed by atoms with van der Waals surface area (Å²) in [6, 6.07) is 10.3. The highest BCUT2D eigenvalue weighted by molar-refractivity contribution is 7.87. The van der Waals surface area contributed by atoms with Gasteiger partial charge in [-0.05, 0) is 36.8 Å². The molecule has 1 saturated heterocycles. The van der Waals surface area contributed by atoms with Crippen molar-refractivity contribution < 1.29 is 8.42 Å². The number of fused-ring (bicyclic) bond motifs is 1. The van der Waals surface area contributed by atoms with Crippen molar-refractivity contribution >= 4 is 21.1 Å². The van der Waals surface area contributed by atoms with Crippen molar-refractivity contribution in [2.24, 2.45) is 0 Å². The van der Waals surface area contributed by atoms with Gasteiger partial charge in [0.05, 0.1) is 0 Å². The molecule has 21 heavy (non-hydrogen) atoms. The van der Waals surface area contributed by atoms with Crippen LogP contribution in [0.2, 0.25) is 0 Å². The fourth-order valence-corrected chi connectivity index (χ4v) is 4.13. The van der Waals surface area contributed by atoms with Gasteiger partial charge in [0, 0.05) is 37.9 Å². The van der Waals surface area contributed by atoms with Crippen LogP contribution in [-0.2, 0) is 16.8 Å². The number of aryl methyl sites for hydroxylation is 1. The highest BCUT2D eigenvalue weighted by atomic mass is 32.2. The van der Waals surface area contributed by atoms with Crippen molar-refractivity contribution in [2.75, 3.05) is 19.6 Å². The van der Waals surface area contributed by atoms with E-state index in [4.69, 9.17) is 0 Å². The zero-order chi connectivity index (χ0) is 14.7. The third-order valence-corrected chi connectivity index (χ3v) is 5.56. The highest BCUT2D eigenvalue weighted by Gasteiger charge is 2.24. The van der Waals surface area contributed by atoms with Crippen LogP contribution in [0.25, 0.3) is 10.9 Å². The molecular formula is C15H21N3O2S. The van der Waals surface area contributed by atoms with Crippen LogP contribution in [0, 0.1) is 0 Å². The monoisotopic (exact) mass is 307 g/mol. The molecule has 1 aromatic carbocycles. The molecule has 2 heterocycles. The fraction of sp³-hybridized carbons (Fsp3) is 0.467. The zero-order valence-electron chi connectivity index (χ0n) is 12.0. The molecule has 0 amide bonds. The van der Waals surface area contributed by atoms with E-state index in [1.165, 1.54) is 15.2 Å². The number of benzene rings is 1. The summed E-state index contributed by atoms with van der Waals surface area (Å²) in [5.41, 5.74) is 1.19. The second kappa shape index (κ2) is 6.17. The SMILES string of the molecule is O=S(=O)(NCCCn1ccc2ccccc21)N1CCCC1. The molecule has 1 aromatic heterocycles. The second-order valence-electron chi connectivity index (χ2n) is 5.43. The molecular weight excluding hydrogens is 286 g/mol. The maximum absolute atomic E-state index is 12.0. The third-order valence-electron chi connectivity index (χ3n) is 3.95. The molecule has 0 spiro atoms. The Kier molecular flexibility index (Phi) is 4.28. The molecule has 1 fully saturated rings. The molecule has 1 aliphatic rings. The summed E-state index contributed by atoms with van der Waals surface area (Å²) in [7, 11) is -3.27. The van der Waals surface area contributed by atoms with Crippen LogP contribution in [0.5, 0.6) is 0 Å². The largest absolute Gasteiger partial charge is 0.347 e. The van der Waals surface area contributed by atoms with Gasteiger partial charge in [-0.1, -0.05) is 18.2 Å². The Morgan fingerprint density at radius 2 is 1.86 bits per heavy atom. The van der Waals surface area contributed by atoms with Gasteiger partial charge in [-0.2, -0.15) is 12.7 Å². The minimum absolute atomic E-state index is 0.478. The molecule has 0 bridgehead atoms. The van der Waals surface area contributed by atoms with E-state index in [-0.39, 0.29) is 0 Å². The topological polar surface area (TPSA) is 54.3 Å².